The van der Waals surface area contributed by atoms with E-state index in [1.54, 1.807) is 24.3 Å². The molecule has 0 aliphatic rings. The van der Waals surface area contributed by atoms with Gasteiger partial charge in [0, 0.05) is 13.6 Å². The number of nitrogens with two attached hydrogens (primary N) is 2. The predicted molar refractivity (Wildman–Crippen MR) is 55.8 cm³/mol. The Morgan fingerprint density at radius 2 is 1.93 bits per heavy atom. The summed E-state index contributed by atoms with van der Waals surface area (Å²) in [6.45, 7) is 0.274. The van der Waals surface area contributed by atoms with Crippen LogP contribution in [0.5, 0.6) is 0 Å². The molecule has 0 aliphatic heterocycles. The van der Waals surface area contributed by atoms with E-state index in [2.05, 4.69) is 0 Å². The van der Waals surface area contributed by atoms with Crippen molar-refractivity contribution in [1.29, 1.82) is 0 Å². The van der Waals surface area contributed by atoms with Gasteiger partial charge in [-0.15, -0.1) is 0 Å². The molecule has 1 rings (SSSR count). The molecule has 0 aliphatic carbocycles. The van der Waals surface area contributed by atoms with Gasteiger partial charge in [-0.3, -0.25) is 4.31 Å². The number of benzene rings is 1. The van der Waals surface area contributed by atoms with E-state index in [1.165, 1.54) is 7.05 Å². The van der Waals surface area contributed by atoms with Gasteiger partial charge >= 0.3 is 0 Å². The first kappa shape index (κ1) is 11.0. The number of para-hydroxylation sites is 1. The smallest absolute Gasteiger partial charge is 0.298 e. The third kappa shape index (κ3) is 2.22. The largest absolute Gasteiger partial charge is 0.326 e. The summed E-state index contributed by atoms with van der Waals surface area (Å²) >= 11 is 0. The summed E-state index contributed by atoms with van der Waals surface area (Å²) in [6, 6.07) is 6.95. The first-order valence-corrected chi connectivity index (χ1v) is 5.51. The normalized spacial score (nSPS) is 11.4. The van der Waals surface area contributed by atoms with E-state index in [1.807, 2.05) is 0 Å². The SMILES string of the molecule is CN(c1ccccc1CN)S(N)(=O)=O. The van der Waals surface area contributed by atoms with Gasteiger partial charge in [0.15, 0.2) is 0 Å². The van der Waals surface area contributed by atoms with E-state index in [4.69, 9.17) is 10.9 Å². The van der Waals surface area contributed by atoms with Crippen molar-refractivity contribution in [2.45, 2.75) is 6.54 Å². The molecule has 78 valence electrons. The van der Waals surface area contributed by atoms with Crippen LogP contribution in [0.15, 0.2) is 24.3 Å². The molecule has 0 spiro atoms. The lowest BCUT2D eigenvalue weighted by Gasteiger charge is -2.18. The fraction of sp³-hybridized carbons (Fsp3) is 0.250. The summed E-state index contributed by atoms with van der Waals surface area (Å²) in [4.78, 5) is 0. The van der Waals surface area contributed by atoms with E-state index >= 15 is 0 Å². The highest BCUT2D eigenvalue weighted by Crippen LogP contribution is 2.19. The van der Waals surface area contributed by atoms with E-state index in [0.29, 0.717) is 5.69 Å². The Morgan fingerprint density at radius 3 is 2.43 bits per heavy atom. The van der Waals surface area contributed by atoms with E-state index < -0.39 is 10.2 Å². The number of hydrogen-bond acceptors (Lipinski definition) is 3. The monoisotopic (exact) mass is 215 g/mol. The molecule has 0 fully saturated rings. The Labute approximate surface area is 83.5 Å². The molecule has 14 heavy (non-hydrogen) atoms. The maximum Gasteiger partial charge on any atom is 0.298 e. The summed E-state index contributed by atoms with van der Waals surface area (Å²) < 4.78 is 23.1. The predicted octanol–water partition coefficient (Wildman–Crippen LogP) is -0.215. The van der Waals surface area contributed by atoms with Gasteiger partial charge < -0.3 is 5.73 Å². The molecule has 0 heterocycles. The first-order chi connectivity index (χ1) is 6.46. The van der Waals surface area contributed by atoms with Crippen LogP contribution in [0.4, 0.5) is 5.69 Å². The lowest BCUT2D eigenvalue weighted by Crippen LogP contribution is -2.33. The maximum absolute atomic E-state index is 11.1. The Kier molecular flexibility index (Phi) is 3.10. The maximum atomic E-state index is 11.1. The molecule has 0 amide bonds. The standard InChI is InChI=1S/C8H13N3O2S/c1-11(14(10,12)13)8-5-3-2-4-7(8)6-9/h2-5H,6,9H2,1H3,(H2,10,12,13). The molecule has 0 saturated heterocycles. The Bertz CT molecular complexity index is 416. The fourth-order valence-corrected chi connectivity index (χ4v) is 1.58. The molecule has 1 aromatic rings. The van der Waals surface area contributed by atoms with Crippen molar-refractivity contribution in [3.63, 3.8) is 0 Å². The summed E-state index contributed by atoms with van der Waals surface area (Å²) in [5.74, 6) is 0. The number of anilines is 1. The second-order valence-corrected chi connectivity index (χ2v) is 4.42. The fourth-order valence-electron chi connectivity index (χ4n) is 1.13. The van der Waals surface area contributed by atoms with Gasteiger partial charge in [-0.05, 0) is 11.6 Å². The summed E-state index contributed by atoms with van der Waals surface area (Å²) in [5, 5.41) is 4.99. The molecule has 1 aromatic carbocycles. The molecule has 5 nitrogen and oxygen atoms in total. The minimum absolute atomic E-state index is 0.274. The molecule has 0 atom stereocenters. The lowest BCUT2D eigenvalue weighted by molar-refractivity contribution is 0.596. The van der Waals surface area contributed by atoms with E-state index in [0.717, 1.165) is 9.87 Å². The molecule has 0 radical (unpaired) electrons. The average Bonchev–Trinajstić information content (AvgIpc) is 2.15. The second kappa shape index (κ2) is 3.95. The Balaban J connectivity index is 3.19. The minimum Gasteiger partial charge on any atom is -0.326 e. The molecule has 6 heteroatoms. The van der Waals surface area contributed by atoms with Crippen LogP contribution in [0, 0.1) is 0 Å². The lowest BCUT2D eigenvalue weighted by atomic mass is 10.2. The van der Waals surface area contributed by atoms with Crippen molar-refractivity contribution in [2.75, 3.05) is 11.4 Å². The van der Waals surface area contributed by atoms with Crippen molar-refractivity contribution in [3.05, 3.63) is 29.8 Å². The van der Waals surface area contributed by atoms with Gasteiger partial charge in [0.1, 0.15) is 0 Å². The topological polar surface area (TPSA) is 89.4 Å². The molecular formula is C8H13N3O2S. The van der Waals surface area contributed by atoms with E-state index in [-0.39, 0.29) is 6.54 Å². The first-order valence-electron chi connectivity index (χ1n) is 4.01. The molecule has 0 unspecified atom stereocenters. The van der Waals surface area contributed by atoms with Gasteiger partial charge in [-0.2, -0.15) is 8.42 Å². The molecule has 4 N–H and O–H groups in total. The van der Waals surface area contributed by atoms with Gasteiger partial charge in [-0.1, -0.05) is 18.2 Å². The van der Waals surface area contributed by atoms with Crippen molar-refractivity contribution in [1.82, 2.24) is 0 Å². The Morgan fingerprint density at radius 1 is 1.36 bits per heavy atom. The number of nitrogens with zero attached hydrogens (tertiary/aromatic N) is 1. The summed E-state index contributed by atoms with van der Waals surface area (Å²) in [6.07, 6.45) is 0. The van der Waals surface area contributed by atoms with Gasteiger partial charge in [0.25, 0.3) is 10.2 Å². The van der Waals surface area contributed by atoms with Crippen molar-refractivity contribution in [2.24, 2.45) is 10.9 Å². The molecule has 0 bridgehead atoms. The van der Waals surface area contributed by atoms with Crippen molar-refractivity contribution in [3.8, 4) is 0 Å². The zero-order valence-corrected chi connectivity index (χ0v) is 8.66. The zero-order chi connectivity index (χ0) is 10.8. The third-order valence-electron chi connectivity index (χ3n) is 1.93. The van der Waals surface area contributed by atoms with Crippen LogP contribution in [0.1, 0.15) is 5.56 Å². The van der Waals surface area contributed by atoms with E-state index in [9.17, 15) is 8.42 Å². The van der Waals surface area contributed by atoms with Gasteiger partial charge in [0.05, 0.1) is 5.69 Å². The molecule has 0 aromatic heterocycles. The van der Waals surface area contributed by atoms with Crippen LogP contribution >= 0.6 is 0 Å². The second-order valence-electron chi connectivity index (χ2n) is 2.85. The average molecular weight is 215 g/mol. The van der Waals surface area contributed by atoms with Gasteiger partial charge in [0.2, 0.25) is 0 Å². The van der Waals surface area contributed by atoms with Crippen molar-refractivity contribution < 1.29 is 8.42 Å². The molecular weight excluding hydrogens is 202 g/mol. The zero-order valence-electron chi connectivity index (χ0n) is 7.84. The number of rotatable bonds is 3. The summed E-state index contributed by atoms with van der Waals surface area (Å²) in [7, 11) is -2.32. The highest BCUT2D eigenvalue weighted by molar-refractivity contribution is 7.90. The number of hydrogen-bond donors (Lipinski definition) is 2. The van der Waals surface area contributed by atoms with Crippen LogP contribution in [-0.4, -0.2) is 15.5 Å². The van der Waals surface area contributed by atoms with Crippen LogP contribution in [0.3, 0.4) is 0 Å². The third-order valence-corrected chi connectivity index (χ3v) is 2.89. The van der Waals surface area contributed by atoms with Crippen molar-refractivity contribution >= 4 is 15.9 Å². The minimum atomic E-state index is -3.71. The Hall–Kier alpha value is -1.11. The quantitative estimate of drug-likeness (QED) is 0.730. The molecule has 0 saturated carbocycles. The summed E-state index contributed by atoms with van der Waals surface area (Å²) in [5.41, 5.74) is 6.72. The van der Waals surface area contributed by atoms with Crippen LogP contribution in [0.2, 0.25) is 0 Å². The highest BCUT2D eigenvalue weighted by Gasteiger charge is 2.14. The van der Waals surface area contributed by atoms with Crippen LogP contribution in [-0.2, 0) is 16.8 Å². The van der Waals surface area contributed by atoms with Crippen LogP contribution in [0.25, 0.3) is 0 Å². The van der Waals surface area contributed by atoms with Crippen LogP contribution < -0.4 is 15.2 Å². The highest BCUT2D eigenvalue weighted by atomic mass is 32.2. The van der Waals surface area contributed by atoms with Gasteiger partial charge in [-0.25, -0.2) is 5.14 Å².